The number of hydrogen-bond acceptors (Lipinski definition) is 5. The Balaban J connectivity index is 1.93. The molecule has 1 fully saturated rings. The molecule has 0 amide bonds. The summed E-state index contributed by atoms with van der Waals surface area (Å²) < 4.78 is 0. The zero-order valence-corrected chi connectivity index (χ0v) is 9.61. The predicted molar refractivity (Wildman–Crippen MR) is 65.4 cm³/mol. The number of rotatable bonds is 3. The number of anilines is 2. The third kappa shape index (κ3) is 2.82. The van der Waals surface area contributed by atoms with E-state index in [9.17, 15) is 0 Å². The summed E-state index contributed by atoms with van der Waals surface area (Å²) in [4.78, 5) is 8.29. The largest absolute Gasteiger partial charge is 0.373 e. The summed E-state index contributed by atoms with van der Waals surface area (Å²) >= 11 is 0. The van der Waals surface area contributed by atoms with E-state index in [1.54, 1.807) is 6.33 Å². The first-order valence-electron chi connectivity index (χ1n) is 5.80. The topological polar surface area (TPSA) is 75.9 Å². The quantitative estimate of drug-likeness (QED) is 0.715. The highest BCUT2D eigenvalue weighted by molar-refractivity contribution is 5.46. The van der Waals surface area contributed by atoms with Gasteiger partial charge in [-0.3, -0.25) is 0 Å². The first-order valence-corrected chi connectivity index (χ1v) is 5.80. The minimum Gasteiger partial charge on any atom is -0.373 e. The van der Waals surface area contributed by atoms with Crippen molar-refractivity contribution in [1.29, 1.82) is 0 Å². The molecule has 0 atom stereocenters. The third-order valence-corrected chi connectivity index (χ3v) is 3.05. The molecule has 2 rings (SSSR count). The van der Waals surface area contributed by atoms with Gasteiger partial charge in [0.1, 0.15) is 18.0 Å². The Kier molecular flexibility index (Phi) is 3.56. The van der Waals surface area contributed by atoms with E-state index in [2.05, 4.69) is 20.6 Å². The van der Waals surface area contributed by atoms with Gasteiger partial charge in [-0.15, -0.1) is 0 Å². The van der Waals surface area contributed by atoms with Crippen LogP contribution in [0.2, 0.25) is 0 Å². The summed E-state index contributed by atoms with van der Waals surface area (Å²) in [6.45, 7) is 0. The van der Waals surface area contributed by atoms with Crippen LogP contribution in [0, 0.1) is 0 Å². The van der Waals surface area contributed by atoms with Gasteiger partial charge in [-0.2, -0.15) is 0 Å². The van der Waals surface area contributed by atoms with Gasteiger partial charge >= 0.3 is 0 Å². The lowest BCUT2D eigenvalue weighted by Gasteiger charge is -2.27. The highest BCUT2D eigenvalue weighted by Gasteiger charge is 2.18. The molecule has 0 saturated heterocycles. The lowest BCUT2D eigenvalue weighted by atomic mass is 9.92. The Labute approximate surface area is 95.9 Å². The summed E-state index contributed by atoms with van der Waals surface area (Å²) in [6, 6.07) is 2.81. The van der Waals surface area contributed by atoms with Gasteiger partial charge < -0.3 is 16.4 Å². The van der Waals surface area contributed by atoms with Crippen molar-refractivity contribution in [1.82, 2.24) is 9.97 Å². The van der Waals surface area contributed by atoms with E-state index in [4.69, 9.17) is 5.73 Å². The van der Waals surface area contributed by atoms with Gasteiger partial charge in [-0.05, 0) is 25.7 Å². The molecular weight excluding hydrogens is 202 g/mol. The van der Waals surface area contributed by atoms with Gasteiger partial charge in [-0.25, -0.2) is 9.97 Å². The van der Waals surface area contributed by atoms with Crippen molar-refractivity contribution >= 4 is 11.6 Å². The summed E-state index contributed by atoms with van der Waals surface area (Å²) in [5.41, 5.74) is 5.87. The fourth-order valence-corrected chi connectivity index (χ4v) is 2.05. The maximum absolute atomic E-state index is 5.87. The molecule has 5 nitrogen and oxygen atoms in total. The predicted octanol–water partition coefficient (Wildman–Crippen LogP) is 1.20. The number of nitrogens with two attached hydrogens (primary N) is 1. The summed E-state index contributed by atoms with van der Waals surface area (Å²) in [6.07, 6.45) is 6.02. The molecule has 5 heteroatoms. The molecule has 0 radical (unpaired) electrons. The Hall–Kier alpha value is -1.36. The Bertz CT molecular complexity index is 333. The lowest BCUT2D eigenvalue weighted by Crippen LogP contribution is -2.33. The highest BCUT2D eigenvalue weighted by atomic mass is 15.1. The van der Waals surface area contributed by atoms with E-state index in [1.165, 1.54) is 0 Å². The van der Waals surface area contributed by atoms with Crippen molar-refractivity contribution < 1.29 is 0 Å². The van der Waals surface area contributed by atoms with Crippen LogP contribution in [0.25, 0.3) is 0 Å². The second kappa shape index (κ2) is 5.12. The third-order valence-electron chi connectivity index (χ3n) is 3.05. The van der Waals surface area contributed by atoms with Gasteiger partial charge in [0.25, 0.3) is 0 Å². The van der Waals surface area contributed by atoms with E-state index >= 15 is 0 Å². The van der Waals surface area contributed by atoms with Crippen molar-refractivity contribution in [2.75, 3.05) is 17.7 Å². The molecule has 1 heterocycles. The van der Waals surface area contributed by atoms with Crippen LogP contribution in [0.4, 0.5) is 11.6 Å². The highest BCUT2D eigenvalue weighted by Crippen LogP contribution is 2.20. The molecule has 0 unspecified atom stereocenters. The van der Waals surface area contributed by atoms with Crippen molar-refractivity contribution in [2.24, 2.45) is 5.73 Å². The molecule has 88 valence electrons. The smallest absolute Gasteiger partial charge is 0.131 e. The molecule has 1 aliphatic carbocycles. The van der Waals surface area contributed by atoms with Gasteiger partial charge in [-0.1, -0.05) is 0 Å². The Morgan fingerprint density at radius 1 is 1.19 bits per heavy atom. The average Bonchev–Trinajstić information content (AvgIpc) is 2.32. The maximum Gasteiger partial charge on any atom is 0.131 e. The number of nitrogens with zero attached hydrogens (tertiary/aromatic N) is 2. The molecule has 1 aromatic rings. The summed E-state index contributed by atoms with van der Waals surface area (Å²) in [5, 5.41) is 6.43. The van der Waals surface area contributed by atoms with Crippen molar-refractivity contribution in [2.45, 2.75) is 37.8 Å². The molecular formula is C11H19N5. The lowest BCUT2D eigenvalue weighted by molar-refractivity contribution is 0.410. The van der Waals surface area contributed by atoms with Crippen molar-refractivity contribution in [3.63, 3.8) is 0 Å². The standard InChI is InChI=1S/C11H19N5/c1-13-10-6-11(15-7-14-10)16-9-4-2-8(12)3-5-9/h6-9H,2-5,12H2,1H3,(H2,13,14,15,16). The zero-order valence-electron chi connectivity index (χ0n) is 9.61. The van der Waals surface area contributed by atoms with Crippen LogP contribution in [0.3, 0.4) is 0 Å². The normalized spacial score (nSPS) is 25.1. The number of hydrogen-bond donors (Lipinski definition) is 3. The number of nitrogens with one attached hydrogen (secondary N) is 2. The second-order valence-corrected chi connectivity index (χ2v) is 4.29. The molecule has 0 bridgehead atoms. The Morgan fingerprint density at radius 2 is 1.88 bits per heavy atom. The van der Waals surface area contributed by atoms with Crippen LogP contribution >= 0.6 is 0 Å². The monoisotopic (exact) mass is 221 g/mol. The fraction of sp³-hybridized carbons (Fsp3) is 0.636. The van der Waals surface area contributed by atoms with Crippen LogP contribution in [-0.2, 0) is 0 Å². The maximum atomic E-state index is 5.87. The summed E-state index contributed by atoms with van der Waals surface area (Å²) in [5.74, 6) is 1.73. The van der Waals surface area contributed by atoms with E-state index in [0.29, 0.717) is 12.1 Å². The van der Waals surface area contributed by atoms with Gasteiger partial charge in [0.05, 0.1) is 0 Å². The molecule has 16 heavy (non-hydrogen) atoms. The van der Waals surface area contributed by atoms with Crippen molar-refractivity contribution in [3.05, 3.63) is 12.4 Å². The average molecular weight is 221 g/mol. The molecule has 4 N–H and O–H groups in total. The molecule has 1 aliphatic rings. The molecule has 0 aromatic carbocycles. The minimum absolute atomic E-state index is 0.385. The Morgan fingerprint density at radius 3 is 2.56 bits per heavy atom. The molecule has 1 aromatic heterocycles. The van der Waals surface area contributed by atoms with E-state index in [1.807, 2.05) is 13.1 Å². The zero-order chi connectivity index (χ0) is 11.4. The molecule has 0 aliphatic heterocycles. The first-order chi connectivity index (χ1) is 7.78. The van der Waals surface area contributed by atoms with E-state index in [0.717, 1.165) is 37.3 Å². The second-order valence-electron chi connectivity index (χ2n) is 4.29. The van der Waals surface area contributed by atoms with Gasteiger partial charge in [0.2, 0.25) is 0 Å². The van der Waals surface area contributed by atoms with Crippen LogP contribution in [-0.4, -0.2) is 29.1 Å². The van der Waals surface area contributed by atoms with Crippen LogP contribution in [0.5, 0.6) is 0 Å². The van der Waals surface area contributed by atoms with Gasteiger partial charge in [0, 0.05) is 25.2 Å². The first kappa shape index (κ1) is 11.1. The van der Waals surface area contributed by atoms with E-state index < -0.39 is 0 Å². The SMILES string of the molecule is CNc1cc(NC2CCC(N)CC2)ncn1. The van der Waals surface area contributed by atoms with Crippen LogP contribution < -0.4 is 16.4 Å². The molecule has 1 saturated carbocycles. The van der Waals surface area contributed by atoms with Gasteiger partial charge in [0.15, 0.2) is 0 Å². The van der Waals surface area contributed by atoms with Crippen molar-refractivity contribution in [3.8, 4) is 0 Å². The van der Waals surface area contributed by atoms with Crippen LogP contribution in [0.1, 0.15) is 25.7 Å². The minimum atomic E-state index is 0.385. The fourth-order valence-electron chi connectivity index (χ4n) is 2.05. The molecule has 0 spiro atoms. The number of aromatic nitrogens is 2. The summed E-state index contributed by atoms with van der Waals surface area (Å²) in [7, 11) is 1.85. The van der Waals surface area contributed by atoms with E-state index in [-0.39, 0.29) is 0 Å². The van der Waals surface area contributed by atoms with Crippen LogP contribution in [0.15, 0.2) is 12.4 Å².